The number of aromatic nitrogens is 2. The molecule has 0 amide bonds. The molecule has 4 aromatic rings. The van der Waals surface area contributed by atoms with Crippen molar-refractivity contribution in [1.82, 2.24) is 9.97 Å². The number of nitrogens with zero attached hydrogens (tertiary/aromatic N) is 2. The Bertz CT molecular complexity index is 1000. The van der Waals surface area contributed by atoms with Gasteiger partial charge in [0.25, 0.3) is 0 Å². The number of unbranched alkanes of at least 4 members (excludes halogenated alkanes) is 2. The lowest BCUT2D eigenvalue weighted by Gasteiger charge is -2.04. The van der Waals surface area contributed by atoms with Gasteiger partial charge >= 0.3 is 0 Å². The lowest BCUT2D eigenvalue weighted by molar-refractivity contribution is 0.309. The summed E-state index contributed by atoms with van der Waals surface area (Å²) in [7, 11) is 0. The maximum atomic E-state index is 5.82. The number of hydrogen-bond donors (Lipinski definition) is 0. The number of ether oxygens (including phenoxy) is 2. The first-order chi connectivity index (χ1) is 14.2. The van der Waals surface area contributed by atoms with Crippen molar-refractivity contribution in [3.8, 4) is 11.5 Å². The Hall–Kier alpha value is -1.83. The first kappa shape index (κ1) is 20.4. The van der Waals surface area contributed by atoms with E-state index in [1.165, 1.54) is 0 Å². The third-order valence-corrected chi connectivity index (χ3v) is 7.55. The quantitative estimate of drug-likeness (QED) is 0.238. The highest BCUT2D eigenvalue weighted by Crippen LogP contribution is 2.39. The van der Waals surface area contributed by atoms with Gasteiger partial charge in [-0.2, -0.15) is 0 Å². The second-order valence-electron chi connectivity index (χ2n) is 6.72. The summed E-state index contributed by atoms with van der Waals surface area (Å²) < 4.78 is 15.9. The molecule has 0 N–H and O–H groups in total. The van der Waals surface area contributed by atoms with Crippen LogP contribution in [0.4, 0.5) is 0 Å². The fourth-order valence-electron chi connectivity index (χ4n) is 2.78. The lowest BCUT2D eigenvalue weighted by Crippen LogP contribution is -1.95. The molecule has 0 aliphatic heterocycles. The van der Waals surface area contributed by atoms with E-state index in [1.807, 2.05) is 24.3 Å². The molecule has 0 atom stereocenters. The van der Waals surface area contributed by atoms with Crippen LogP contribution in [0.15, 0.2) is 45.1 Å². The van der Waals surface area contributed by atoms with Crippen molar-refractivity contribution in [2.24, 2.45) is 0 Å². The Labute approximate surface area is 183 Å². The van der Waals surface area contributed by atoms with Gasteiger partial charge in [-0.3, -0.25) is 0 Å². The van der Waals surface area contributed by atoms with Crippen LogP contribution in [0.25, 0.3) is 20.4 Å². The highest BCUT2D eigenvalue weighted by Gasteiger charge is 2.11. The van der Waals surface area contributed by atoms with Crippen molar-refractivity contribution < 1.29 is 9.47 Å². The summed E-state index contributed by atoms with van der Waals surface area (Å²) in [4.78, 5) is 9.50. The van der Waals surface area contributed by atoms with E-state index < -0.39 is 0 Å². The molecule has 152 valence electrons. The molecule has 2 aromatic carbocycles. The number of hydrogen-bond acceptors (Lipinski definition) is 7. The van der Waals surface area contributed by atoms with Gasteiger partial charge in [-0.1, -0.05) is 26.7 Å². The summed E-state index contributed by atoms with van der Waals surface area (Å²) in [6, 6.07) is 12.3. The normalized spacial score (nSPS) is 11.4. The largest absolute Gasteiger partial charge is 0.494 e. The van der Waals surface area contributed by atoms with Gasteiger partial charge in [-0.15, -0.1) is 22.7 Å². The molecule has 2 aromatic heterocycles. The lowest BCUT2D eigenvalue weighted by atomic mass is 10.3. The number of fused-ring (bicyclic) bond motifs is 2. The first-order valence-corrected chi connectivity index (χ1v) is 12.4. The van der Waals surface area contributed by atoms with E-state index in [-0.39, 0.29) is 0 Å². The Balaban J connectivity index is 1.47. The molecule has 0 saturated carbocycles. The fourth-order valence-corrected chi connectivity index (χ4v) is 6.17. The molecule has 0 aliphatic rings. The van der Waals surface area contributed by atoms with Crippen LogP contribution >= 0.6 is 34.4 Å². The second-order valence-corrected chi connectivity index (χ2v) is 10.3. The van der Waals surface area contributed by atoms with Crippen LogP contribution in [0, 0.1) is 0 Å². The molecule has 0 aliphatic carbocycles. The molecule has 0 fully saturated rings. The average Bonchev–Trinajstić information content (AvgIpc) is 3.30. The van der Waals surface area contributed by atoms with E-state index in [0.717, 1.165) is 79.5 Å². The van der Waals surface area contributed by atoms with Crippen LogP contribution in [0.3, 0.4) is 0 Å². The third kappa shape index (κ3) is 5.21. The minimum atomic E-state index is 0.762. The molecule has 0 bridgehead atoms. The highest BCUT2D eigenvalue weighted by molar-refractivity contribution is 8.02. The predicted molar refractivity (Wildman–Crippen MR) is 124 cm³/mol. The molecule has 7 heteroatoms. The summed E-state index contributed by atoms with van der Waals surface area (Å²) in [6.45, 7) is 5.86. The number of benzene rings is 2. The van der Waals surface area contributed by atoms with Crippen molar-refractivity contribution in [3.63, 3.8) is 0 Å². The Morgan fingerprint density at radius 1 is 0.759 bits per heavy atom. The minimum absolute atomic E-state index is 0.762. The van der Waals surface area contributed by atoms with Gasteiger partial charge in [0.15, 0.2) is 8.68 Å². The second kappa shape index (κ2) is 9.78. The van der Waals surface area contributed by atoms with E-state index in [4.69, 9.17) is 19.4 Å². The summed E-state index contributed by atoms with van der Waals surface area (Å²) in [5, 5.41) is 0. The summed E-state index contributed by atoms with van der Waals surface area (Å²) in [6.07, 6.45) is 4.42. The van der Waals surface area contributed by atoms with Crippen molar-refractivity contribution >= 4 is 54.9 Å². The standard InChI is InChI=1S/C22H24N2O2S3/c1-3-5-11-25-15-7-9-17-19(13-15)27-21(23-17)29-22-24-18-10-8-16(14-20(18)28-22)26-12-6-4-2/h7-10,13-14H,3-6,11-12H2,1-2H3. The SMILES string of the molecule is CCCCOc1ccc2nc(Sc3nc4ccc(OCCCC)cc4s3)sc2c1. The minimum Gasteiger partial charge on any atom is -0.494 e. The van der Waals surface area contributed by atoms with Gasteiger partial charge < -0.3 is 9.47 Å². The van der Waals surface area contributed by atoms with Crippen molar-refractivity contribution in [1.29, 1.82) is 0 Å². The maximum absolute atomic E-state index is 5.82. The maximum Gasteiger partial charge on any atom is 0.158 e. The Morgan fingerprint density at radius 3 is 1.69 bits per heavy atom. The van der Waals surface area contributed by atoms with Crippen LogP contribution in [0.2, 0.25) is 0 Å². The van der Waals surface area contributed by atoms with Gasteiger partial charge in [0.2, 0.25) is 0 Å². The fraction of sp³-hybridized carbons (Fsp3) is 0.364. The molecular formula is C22H24N2O2S3. The van der Waals surface area contributed by atoms with Crippen molar-refractivity contribution in [3.05, 3.63) is 36.4 Å². The smallest absolute Gasteiger partial charge is 0.158 e. The molecule has 0 saturated heterocycles. The van der Waals surface area contributed by atoms with Crippen LogP contribution in [0.1, 0.15) is 39.5 Å². The molecule has 4 rings (SSSR count). The first-order valence-electron chi connectivity index (χ1n) is 10.00. The molecule has 0 spiro atoms. The van der Waals surface area contributed by atoms with Gasteiger partial charge in [0, 0.05) is 0 Å². The van der Waals surface area contributed by atoms with Crippen LogP contribution in [0.5, 0.6) is 11.5 Å². The van der Waals surface area contributed by atoms with E-state index in [2.05, 4.69) is 26.0 Å². The highest BCUT2D eigenvalue weighted by atomic mass is 32.2. The summed E-state index contributed by atoms with van der Waals surface area (Å²) in [5.41, 5.74) is 2.01. The zero-order chi connectivity index (χ0) is 20.1. The molecule has 29 heavy (non-hydrogen) atoms. The van der Waals surface area contributed by atoms with E-state index >= 15 is 0 Å². The van der Waals surface area contributed by atoms with Crippen molar-refractivity contribution in [2.75, 3.05) is 13.2 Å². The molecule has 0 radical (unpaired) electrons. The molecule has 0 unspecified atom stereocenters. The van der Waals surface area contributed by atoms with Crippen LogP contribution in [-0.2, 0) is 0 Å². The third-order valence-electron chi connectivity index (χ3n) is 4.39. The number of rotatable bonds is 10. The van der Waals surface area contributed by atoms with E-state index in [9.17, 15) is 0 Å². The molecule has 2 heterocycles. The van der Waals surface area contributed by atoms with Gasteiger partial charge in [-0.25, -0.2) is 9.97 Å². The van der Waals surface area contributed by atoms with Crippen molar-refractivity contribution in [2.45, 2.75) is 48.2 Å². The van der Waals surface area contributed by atoms with Gasteiger partial charge in [0.1, 0.15) is 11.5 Å². The average molecular weight is 445 g/mol. The van der Waals surface area contributed by atoms with E-state index in [1.54, 1.807) is 34.4 Å². The summed E-state index contributed by atoms with van der Waals surface area (Å²) >= 11 is 5.00. The van der Waals surface area contributed by atoms with E-state index in [0.29, 0.717) is 0 Å². The zero-order valence-corrected chi connectivity index (χ0v) is 19.1. The van der Waals surface area contributed by atoms with Gasteiger partial charge in [-0.05, 0) is 61.0 Å². The monoisotopic (exact) mass is 444 g/mol. The predicted octanol–water partition coefficient (Wildman–Crippen LogP) is 7.42. The molecular weight excluding hydrogens is 420 g/mol. The van der Waals surface area contributed by atoms with Crippen LogP contribution < -0.4 is 9.47 Å². The zero-order valence-electron chi connectivity index (χ0n) is 16.6. The van der Waals surface area contributed by atoms with Crippen LogP contribution in [-0.4, -0.2) is 23.2 Å². The van der Waals surface area contributed by atoms with Gasteiger partial charge in [0.05, 0.1) is 33.6 Å². The Kier molecular flexibility index (Phi) is 6.90. The summed E-state index contributed by atoms with van der Waals surface area (Å²) in [5.74, 6) is 1.84. The number of thiazole rings is 2. The molecule has 4 nitrogen and oxygen atoms in total. The topological polar surface area (TPSA) is 44.2 Å². The Morgan fingerprint density at radius 2 is 1.24 bits per heavy atom.